The molecule has 0 aliphatic carbocycles. The summed E-state index contributed by atoms with van der Waals surface area (Å²) in [5.74, 6) is -0.729. The summed E-state index contributed by atoms with van der Waals surface area (Å²) in [6, 6.07) is 3.23. The largest absolute Gasteiger partial charge is 0.497 e. The van der Waals surface area contributed by atoms with Gasteiger partial charge in [0.05, 0.1) is 18.2 Å². The molecule has 1 rings (SSSR count). The third kappa shape index (κ3) is 2.56. The number of benzene rings is 1. The fourth-order valence-corrected chi connectivity index (χ4v) is 1.36. The molecular weight excluding hydrogens is 235 g/mol. The molecular formula is C11H8F3NO2. The van der Waals surface area contributed by atoms with Crippen LogP contribution in [0.2, 0.25) is 0 Å². The van der Waals surface area contributed by atoms with E-state index in [9.17, 15) is 18.0 Å². The normalized spacial score (nSPS) is 10.8. The highest BCUT2D eigenvalue weighted by Crippen LogP contribution is 2.36. The molecule has 0 saturated carbocycles. The van der Waals surface area contributed by atoms with Gasteiger partial charge >= 0.3 is 6.18 Å². The van der Waals surface area contributed by atoms with E-state index in [1.165, 1.54) is 13.2 Å². The maximum absolute atomic E-state index is 12.7. The Morgan fingerprint density at radius 3 is 2.35 bits per heavy atom. The van der Waals surface area contributed by atoms with Crippen molar-refractivity contribution in [3.63, 3.8) is 0 Å². The van der Waals surface area contributed by atoms with Crippen molar-refractivity contribution in [1.29, 1.82) is 5.26 Å². The van der Waals surface area contributed by atoms with Crippen LogP contribution in [0, 0.1) is 11.3 Å². The number of nitriles is 1. The minimum atomic E-state index is -4.70. The van der Waals surface area contributed by atoms with Gasteiger partial charge in [0.25, 0.3) is 0 Å². The van der Waals surface area contributed by atoms with Gasteiger partial charge in [0.1, 0.15) is 11.8 Å². The zero-order valence-corrected chi connectivity index (χ0v) is 9.05. The summed E-state index contributed by atoms with van der Waals surface area (Å²) >= 11 is 0. The van der Waals surface area contributed by atoms with Crippen LogP contribution in [0.25, 0.3) is 0 Å². The molecule has 90 valence electrons. The number of ketones is 1. The first-order chi connectivity index (χ1) is 7.81. The van der Waals surface area contributed by atoms with E-state index in [1.54, 1.807) is 0 Å². The number of methoxy groups -OCH3 is 1. The Morgan fingerprint density at radius 2 is 2.00 bits per heavy atom. The van der Waals surface area contributed by atoms with Crippen LogP contribution in [0.3, 0.4) is 0 Å². The zero-order valence-electron chi connectivity index (χ0n) is 9.05. The Bertz CT molecular complexity index is 501. The van der Waals surface area contributed by atoms with Crippen molar-refractivity contribution < 1.29 is 22.7 Å². The number of alkyl halides is 3. The molecule has 0 N–H and O–H groups in total. The molecule has 0 radical (unpaired) electrons. The van der Waals surface area contributed by atoms with Crippen LogP contribution in [-0.4, -0.2) is 12.9 Å². The minimum Gasteiger partial charge on any atom is -0.497 e. The van der Waals surface area contributed by atoms with Crippen LogP contribution in [0.1, 0.15) is 28.4 Å². The van der Waals surface area contributed by atoms with Crippen LogP contribution in [0.5, 0.6) is 5.75 Å². The molecule has 6 heteroatoms. The van der Waals surface area contributed by atoms with E-state index in [2.05, 4.69) is 4.74 Å². The van der Waals surface area contributed by atoms with Crippen LogP contribution in [0.4, 0.5) is 13.2 Å². The van der Waals surface area contributed by atoms with Crippen LogP contribution >= 0.6 is 0 Å². The first kappa shape index (κ1) is 13.0. The maximum Gasteiger partial charge on any atom is 0.417 e. The molecule has 0 spiro atoms. The second kappa shape index (κ2) is 4.45. The summed E-state index contributed by atoms with van der Waals surface area (Å²) in [6.45, 7) is 1.09. The lowest BCUT2D eigenvalue weighted by Gasteiger charge is -2.13. The van der Waals surface area contributed by atoms with Gasteiger partial charge < -0.3 is 4.74 Å². The third-order valence-electron chi connectivity index (χ3n) is 2.14. The van der Waals surface area contributed by atoms with Crippen LogP contribution < -0.4 is 4.74 Å². The van der Waals surface area contributed by atoms with E-state index in [0.29, 0.717) is 6.07 Å². The lowest BCUT2D eigenvalue weighted by Crippen LogP contribution is -2.12. The Labute approximate surface area is 95.4 Å². The number of hydrogen-bond acceptors (Lipinski definition) is 3. The van der Waals surface area contributed by atoms with Crippen LogP contribution in [0.15, 0.2) is 12.1 Å². The Kier molecular flexibility index (Phi) is 3.42. The summed E-state index contributed by atoms with van der Waals surface area (Å²) in [7, 11) is 1.19. The van der Waals surface area contributed by atoms with E-state index in [4.69, 9.17) is 5.26 Å². The van der Waals surface area contributed by atoms with Crippen LogP contribution in [-0.2, 0) is 6.18 Å². The van der Waals surface area contributed by atoms with Crippen molar-refractivity contribution >= 4 is 5.78 Å². The number of nitrogens with zero attached hydrogens (tertiary/aromatic N) is 1. The summed E-state index contributed by atoms with van der Waals surface area (Å²) in [5.41, 5.74) is -2.13. The number of Topliss-reactive ketones (excluding diaryl/α,β-unsaturated/α-hetero) is 1. The molecule has 3 nitrogen and oxygen atoms in total. The number of carbonyl (C=O) groups is 1. The molecule has 17 heavy (non-hydrogen) atoms. The van der Waals surface area contributed by atoms with E-state index >= 15 is 0 Å². The molecule has 0 saturated heterocycles. The van der Waals surface area contributed by atoms with Crippen molar-refractivity contribution in [2.45, 2.75) is 13.1 Å². The van der Waals surface area contributed by atoms with Gasteiger partial charge in [-0.15, -0.1) is 0 Å². The Balaban J connectivity index is 3.64. The monoisotopic (exact) mass is 243 g/mol. The summed E-state index contributed by atoms with van der Waals surface area (Å²) in [6.07, 6.45) is -4.70. The van der Waals surface area contributed by atoms with Crippen molar-refractivity contribution in [3.05, 3.63) is 28.8 Å². The number of hydrogen-bond donors (Lipinski definition) is 0. The summed E-state index contributed by atoms with van der Waals surface area (Å²) < 4.78 is 42.7. The van der Waals surface area contributed by atoms with Gasteiger partial charge in [-0.25, -0.2) is 0 Å². The van der Waals surface area contributed by atoms with Gasteiger partial charge in [0.15, 0.2) is 5.78 Å². The molecule has 0 amide bonds. The quantitative estimate of drug-likeness (QED) is 0.750. The van der Waals surface area contributed by atoms with Gasteiger partial charge in [-0.05, 0) is 19.1 Å². The van der Waals surface area contributed by atoms with Crippen molar-refractivity contribution in [1.82, 2.24) is 0 Å². The van der Waals surface area contributed by atoms with Crippen molar-refractivity contribution in [3.8, 4) is 11.8 Å². The van der Waals surface area contributed by atoms with E-state index < -0.39 is 23.1 Å². The molecule has 1 aromatic carbocycles. The fourth-order valence-electron chi connectivity index (χ4n) is 1.36. The number of halogens is 3. The fraction of sp³-hybridized carbons (Fsp3) is 0.273. The predicted molar refractivity (Wildman–Crippen MR) is 52.7 cm³/mol. The second-order valence-electron chi connectivity index (χ2n) is 3.26. The maximum atomic E-state index is 12.7. The van der Waals surface area contributed by atoms with Gasteiger partial charge in [-0.1, -0.05) is 0 Å². The lowest BCUT2D eigenvalue weighted by atomic mass is 9.98. The average molecular weight is 243 g/mol. The predicted octanol–water partition coefficient (Wildman–Crippen LogP) is 2.79. The van der Waals surface area contributed by atoms with E-state index in [0.717, 1.165) is 13.0 Å². The topological polar surface area (TPSA) is 50.1 Å². The molecule has 0 aromatic heterocycles. The Hall–Kier alpha value is -2.03. The molecule has 0 atom stereocenters. The number of rotatable bonds is 2. The van der Waals surface area contributed by atoms with Gasteiger partial charge in [-0.3, -0.25) is 4.79 Å². The van der Waals surface area contributed by atoms with E-state index in [-0.39, 0.29) is 11.3 Å². The van der Waals surface area contributed by atoms with E-state index in [1.807, 2.05) is 0 Å². The summed E-state index contributed by atoms with van der Waals surface area (Å²) in [4.78, 5) is 11.2. The second-order valence-corrected chi connectivity index (χ2v) is 3.26. The molecule has 0 fully saturated rings. The molecule has 0 unspecified atom stereocenters. The number of carbonyl (C=O) groups excluding carboxylic acids is 1. The van der Waals surface area contributed by atoms with Gasteiger partial charge in [0.2, 0.25) is 0 Å². The third-order valence-corrected chi connectivity index (χ3v) is 2.14. The highest BCUT2D eigenvalue weighted by atomic mass is 19.4. The molecule has 0 heterocycles. The SMILES string of the molecule is COc1cc(C(C)=O)c(C#N)c(C(F)(F)F)c1. The lowest BCUT2D eigenvalue weighted by molar-refractivity contribution is -0.137. The van der Waals surface area contributed by atoms with Crippen molar-refractivity contribution in [2.75, 3.05) is 7.11 Å². The molecule has 0 bridgehead atoms. The first-order valence-corrected chi connectivity index (χ1v) is 4.51. The van der Waals surface area contributed by atoms with Gasteiger partial charge in [0, 0.05) is 5.56 Å². The van der Waals surface area contributed by atoms with Crippen molar-refractivity contribution in [2.24, 2.45) is 0 Å². The molecule has 0 aliphatic heterocycles. The Morgan fingerprint density at radius 1 is 1.41 bits per heavy atom. The first-order valence-electron chi connectivity index (χ1n) is 4.51. The molecule has 0 aliphatic rings. The standard InChI is InChI=1S/C11H8F3NO2/c1-6(16)8-3-7(17-2)4-10(9(8)5-15)11(12,13)14/h3-4H,1-2H3. The highest BCUT2D eigenvalue weighted by molar-refractivity contribution is 5.97. The minimum absolute atomic E-state index is 0.110. The zero-order chi connectivity index (χ0) is 13.2. The highest BCUT2D eigenvalue weighted by Gasteiger charge is 2.36. The molecule has 1 aromatic rings. The summed E-state index contributed by atoms with van der Waals surface area (Å²) in [5, 5.41) is 8.73. The number of ether oxygens (including phenoxy) is 1. The average Bonchev–Trinajstić information content (AvgIpc) is 2.25. The smallest absolute Gasteiger partial charge is 0.417 e. The van der Waals surface area contributed by atoms with Gasteiger partial charge in [-0.2, -0.15) is 18.4 Å².